The number of aromatic nitrogens is 1. The van der Waals surface area contributed by atoms with Crippen molar-refractivity contribution in [1.29, 1.82) is 5.26 Å². The lowest BCUT2D eigenvalue weighted by molar-refractivity contribution is -0.121. The number of pyridine rings is 1. The predicted octanol–water partition coefficient (Wildman–Crippen LogP) is 4.76. The lowest BCUT2D eigenvalue weighted by atomic mass is 10.1. The zero-order valence-corrected chi connectivity index (χ0v) is 21.6. The first-order valence-corrected chi connectivity index (χ1v) is 13.1. The highest BCUT2D eigenvalue weighted by molar-refractivity contribution is 8.00. The number of Topliss-reactive ketones (excluding diaryl/α,β-unsaturated/α-hetero) is 1. The maximum atomic E-state index is 13.2. The van der Waals surface area contributed by atoms with E-state index in [2.05, 4.69) is 18.0 Å². The molecule has 0 aliphatic carbocycles. The van der Waals surface area contributed by atoms with Crippen LogP contribution in [-0.4, -0.2) is 40.4 Å². The van der Waals surface area contributed by atoms with Crippen LogP contribution < -0.4 is 4.90 Å². The maximum absolute atomic E-state index is 13.2. The minimum absolute atomic E-state index is 0.0272. The van der Waals surface area contributed by atoms with E-state index < -0.39 is 23.7 Å². The summed E-state index contributed by atoms with van der Waals surface area (Å²) >= 11 is 1.12. The number of anilines is 1. The van der Waals surface area contributed by atoms with E-state index in [0.29, 0.717) is 21.8 Å². The molecule has 8 nitrogen and oxygen atoms in total. The number of imide groups is 1. The molecule has 192 valence electrons. The number of ketones is 1. The Bertz CT molecular complexity index is 1400. The second kappa shape index (κ2) is 12.3. The van der Waals surface area contributed by atoms with Crippen molar-refractivity contribution in [2.75, 3.05) is 11.5 Å². The molecule has 0 radical (unpaired) electrons. The molecule has 0 spiro atoms. The lowest BCUT2D eigenvalue weighted by Gasteiger charge is -2.15. The van der Waals surface area contributed by atoms with E-state index in [0.717, 1.165) is 41.6 Å². The number of hydrogen-bond acceptors (Lipinski definition) is 8. The number of nitriles is 1. The fourth-order valence-electron chi connectivity index (χ4n) is 3.92. The minimum atomic E-state index is -0.711. The fraction of sp³-hybridized carbons (Fsp3) is 0.241. The lowest BCUT2D eigenvalue weighted by Crippen LogP contribution is -2.31. The molecule has 1 aliphatic rings. The highest BCUT2D eigenvalue weighted by Crippen LogP contribution is 2.35. The van der Waals surface area contributed by atoms with Gasteiger partial charge in [-0.15, -0.1) is 0 Å². The summed E-state index contributed by atoms with van der Waals surface area (Å²) in [5.41, 5.74) is 2.16. The molecule has 1 aliphatic heterocycles. The first-order valence-electron chi connectivity index (χ1n) is 12.2. The smallest absolute Gasteiger partial charge is 0.338 e. The molecule has 1 unspecified atom stereocenters. The molecule has 1 aromatic heterocycles. The Morgan fingerprint density at radius 3 is 2.47 bits per heavy atom. The van der Waals surface area contributed by atoms with E-state index in [9.17, 15) is 24.4 Å². The first-order chi connectivity index (χ1) is 18.4. The van der Waals surface area contributed by atoms with E-state index in [-0.39, 0.29) is 23.7 Å². The normalized spacial score (nSPS) is 14.8. The quantitative estimate of drug-likeness (QED) is 0.210. The van der Waals surface area contributed by atoms with Gasteiger partial charge in [0.15, 0.2) is 12.4 Å². The summed E-state index contributed by atoms with van der Waals surface area (Å²) in [6, 6.07) is 20.0. The van der Waals surface area contributed by atoms with Crippen LogP contribution in [0.15, 0.2) is 71.8 Å². The van der Waals surface area contributed by atoms with E-state index in [1.54, 1.807) is 36.4 Å². The molecule has 1 fully saturated rings. The Labute approximate surface area is 224 Å². The summed E-state index contributed by atoms with van der Waals surface area (Å²) in [5, 5.41) is 9.21. The van der Waals surface area contributed by atoms with Gasteiger partial charge in [0.05, 0.1) is 22.1 Å². The number of benzene rings is 2. The maximum Gasteiger partial charge on any atom is 0.338 e. The van der Waals surface area contributed by atoms with Crippen LogP contribution in [0.3, 0.4) is 0 Å². The average Bonchev–Trinajstić information content (AvgIpc) is 3.23. The summed E-state index contributed by atoms with van der Waals surface area (Å²) in [7, 11) is 0. The molecule has 3 aromatic rings. The van der Waals surface area contributed by atoms with Crippen LogP contribution in [0.25, 0.3) is 0 Å². The Morgan fingerprint density at radius 1 is 1.05 bits per heavy atom. The van der Waals surface area contributed by atoms with Crippen molar-refractivity contribution in [2.45, 2.75) is 42.9 Å². The van der Waals surface area contributed by atoms with Gasteiger partial charge in [-0.2, -0.15) is 5.26 Å². The SMILES string of the molecule is CCCCc1ccc(C#N)c(SC2CC(=O)N(c3ccc(C(=O)OCC(=O)c4ccccc4)cc3)C2=O)n1. The minimum Gasteiger partial charge on any atom is -0.454 e. The van der Waals surface area contributed by atoms with Crippen molar-refractivity contribution >= 4 is 41.0 Å². The number of ether oxygens (including phenoxy) is 1. The van der Waals surface area contributed by atoms with Crippen LogP contribution in [0.1, 0.15) is 58.2 Å². The standard InChI is InChI=1S/C29H25N3O5S/c1-2-3-9-22-13-10-21(17-30)27(31-22)38-25-16-26(34)32(28(25)35)23-14-11-20(12-15-23)29(36)37-18-24(33)19-7-5-4-6-8-19/h4-8,10-15,25H,2-3,9,16,18H2,1H3. The van der Waals surface area contributed by atoms with Crippen molar-refractivity contribution < 1.29 is 23.9 Å². The zero-order valence-electron chi connectivity index (χ0n) is 20.8. The van der Waals surface area contributed by atoms with Gasteiger partial charge in [-0.3, -0.25) is 14.4 Å². The number of nitrogens with zero attached hydrogens (tertiary/aromatic N) is 3. The van der Waals surface area contributed by atoms with Crippen molar-refractivity contribution in [3.8, 4) is 6.07 Å². The third-order valence-corrected chi connectivity index (χ3v) is 7.16. The summed E-state index contributed by atoms with van der Waals surface area (Å²) in [6.45, 7) is 1.68. The Kier molecular flexibility index (Phi) is 8.66. The molecule has 0 N–H and O–H groups in total. The highest BCUT2D eigenvalue weighted by Gasteiger charge is 2.40. The number of carbonyl (C=O) groups is 4. The van der Waals surface area contributed by atoms with E-state index in [4.69, 9.17) is 4.74 Å². The first kappa shape index (κ1) is 26.8. The number of thioether (sulfide) groups is 1. The summed E-state index contributed by atoms with van der Waals surface area (Å²) in [4.78, 5) is 56.1. The molecule has 9 heteroatoms. The van der Waals surface area contributed by atoms with Gasteiger partial charge in [0, 0.05) is 17.7 Å². The van der Waals surface area contributed by atoms with Gasteiger partial charge < -0.3 is 4.74 Å². The Hall–Kier alpha value is -4.29. The third-order valence-electron chi connectivity index (χ3n) is 5.98. The number of unbranched alkanes of at least 4 members (excludes halogenated alkanes) is 1. The van der Waals surface area contributed by atoms with Gasteiger partial charge in [-0.1, -0.05) is 55.4 Å². The summed E-state index contributed by atoms with van der Waals surface area (Å²) in [5.74, 6) is -1.80. The van der Waals surface area contributed by atoms with Gasteiger partial charge >= 0.3 is 5.97 Å². The number of amides is 2. The Morgan fingerprint density at radius 2 is 1.79 bits per heavy atom. The molecular weight excluding hydrogens is 502 g/mol. The van der Waals surface area contributed by atoms with E-state index in [1.807, 2.05) is 6.07 Å². The fourth-order valence-corrected chi connectivity index (χ4v) is 5.03. The predicted molar refractivity (Wildman–Crippen MR) is 142 cm³/mol. The number of aryl methyl sites for hydroxylation is 1. The monoisotopic (exact) mass is 527 g/mol. The zero-order chi connectivity index (χ0) is 27.1. The van der Waals surface area contributed by atoms with Crippen molar-refractivity contribution in [3.05, 3.63) is 89.1 Å². The van der Waals surface area contributed by atoms with Gasteiger partial charge in [-0.25, -0.2) is 14.7 Å². The molecule has 0 bridgehead atoms. The Balaban J connectivity index is 1.41. The van der Waals surface area contributed by atoms with Crippen LogP contribution in [0.4, 0.5) is 5.69 Å². The molecule has 38 heavy (non-hydrogen) atoms. The van der Waals surface area contributed by atoms with Crippen molar-refractivity contribution in [1.82, 2.24) is 4.98 Å². The van der Waals surface area contributed by atoms with Crippen molar-refractivity contribution in [3.63, 3.8) is 0 Å². The molecule has 1 atom stereocenters. The van der Waals surface area contributed by atoms with Crippen LogP contribution in [0, 0.1) is 11.3 Å². The van der Waals surface area contributed by atoms with Crippen molar-refractivity contribution in [2.24, 2.45) is 0 Å². The van der Waals surface area contributed by atoms with E-state index >= 15 is 0 Å². The number of carbonyl (C=O) groups excluding carboxylic acids is 4. The molecule has 2 heterocycles. The highest BCUT2D eigenvalue weighted by atomic mass is 32.2. The summed E-state index contributed by atoms with van der Waals surface area (Å²) in [6.07, 6.45) is 2.72. The van der Waals surface area contributed by atoms with Crippen LogP contribution in [0.5, 0.6) is 0 Å². The third kappa shape index (κ3) is 6.15. The largest absolute Gasteiger partial charge is 0.454 e. The van der Waals surface area contributed by atoms with Gasteiger partial charge in [0.25, 0.3) is 0 Å². The second-order valence-corrected chi connectivity index (χ2v) is 9.85. The van der Waals surface area contributed by atoms with Gasteiger partial charge in [-0.05, 0) is 49.2 Å². The number of esters is 1. The molecule has 0 saturated carbocycles. The van der Waals surface area contributed by atoms with Crippen LogP contribution >= 0.6 is 11.8 Å². The number of hydrogen-bond donors (Lipinski definition) is 0. The number of rotatable bonds is 10. The van der Waals surface area contributed by atoms with Gasteiger partial charge in [0.1, 0.15) is 11.1 Å². The van der Waals surface area contributed by atoms with E-state index in [1.165, 1.54) is 24.3 Å². The van der Waals surface area contributed by atoms with Crippen LogP contribution in [-0.2, 0) is 20.7 Å². The topological polar surface area (TPSA) is 117 Å². The van der Waals surface area contributed by atoms with Gasteiger partial charge in [0.2, 0.25) is 11.8 Å². The molecule has 1 saturated heterocycles. The molecule has 2 aromatic carbocycles. The summed E-state index contributed by atoms with van der Waals surface area (Å²) < 4.78 is 5.12. The molecule has 2 amide bonds. The average molecular weight is 528 g/mol. The second-order valence-electron chi connectivity index (χ2n) is 8.66. The molecular formula is C29H25N3O5S. The molecule has 4 rings (SSSR count). The van der Waals surface area contributed by atoms with Crippen LogP contribution in [0.2, 0.25) is 0 Å².